The van der Waals surface area contributed by atoms with Gasteiger partial charge in [-0.15, -0.1) is 10.2 Å². The largest absolute Gasteiger partial charge is 0.495 e. The molecular weight excluding hydrogens is 367 g/mol. The molecule has 2 N–H and O–H groups in total. The minimum atomic E-state index is -0.304. The van der Waals surface area contributed by atoms with Gasteiger partial charge in [0.05, 0.1) is 25.3 Å². The van der Waals surface area contributed by atoms with Gasteiger partial charge in [0.2, 0.25) is 11.0 Å². The van der Waals surface area contributed by atoms with Gasteiger partial charge < -0.3 is 15.4 Å². The maximum absolute atomic E-state index is 13.0. The van der Waals surface area contributed by atoms with E-state index in [-0.39, 0.29) is 24.2 Å². The van der Waals surface area contributed by atoms with Crippen molar-refractivity contribution in [2.45, 2.75) is 19.4 Å². The van der Waals surface area contributed by atoms with Crippen LogP contribution >= 0.6 is 11.3 Å². The SMILES string of the molecule is COc1ccccc1Nc1nnc(CC(=O)NC(C)c2ccc(F)cc2)s1. The number of benzene rings is 2. The number of ether oxygens (including phenoxy) is 1. The van der Waals surface area contributed by atoms with Crippen molar-refractivity contribution >= 4 is 28.1 Å². The fraction of sp³-hybridized carbons (Fsp3) is 0.211. The lowest BCUT2D eigenvalue weighted by atomic mass is 10.1. The van der Waals surface area contributed by atoms with Crippen molar-refractivity contribution < 1.29 is 13.9 Å². The molecule has 1 aromatic heterocycles. The van der Waals surface area contributed by atoms with E-state index in [1.165, 1.54) is 23.5 Å². The number of aromatic nitrogens is 2. The van der Waals surface area contributed by atoms with Crippen LogP contribution in [0.3, 0.4) is 0 Å². The molecule has 2 aromatic carbocycles. The van der Waals surface area contributed by atoms with Gasteiger partial charge >= 0.3 is 0 Å². The lowest BCUT2D eigenvalue weighted by molar-refractivity contribution is -0.121. The zero-order chi connectivity index (χ0) is 19.2. The van der Waals surface area contributed by atoms with Crippen molar-refractivity contribution in [2.75, 3.05) is 12.4 Å². The van der Waals surface area contributed by atoms with Crippen LogP contribution in [0.25, 0.3) is 0 Å². The van der Waals surface area contributed by atoms with Crippen LogP contribution in [0.15, 0.2) is 48.5 Å². The number of methoxy groups -OCH3 is 1. The van der Waals surface area contributed by atoms with E-state index in [4.69, 9.17) is 4.74 Å². The van der Waals surface area contributed by atoms with E-state index < -0.39 is 0 Å². The molecule has 0 aliphatic carbocycles. The van der Waals surface area contributed by atoms with E-state index in [2.05, 4.69) is 20.8 Å². The van der Waals surface area contributed by atoms with Crippen LogP contribution in [0, 0.1) is 5.82 Å². The van der Waals surface area contributed by atoms with Gasteiger partial charge in [0.1, 0.15) is 16.6 Å². The Hall–Kier alpha value is -3.00. The highest BCUT2D eigenvalue weighted by Crippen LogP contribution is 2.28. The van der Waals surface area contributed by atoms with Crippen LogP contribution in [0.4, 0.5) is 15.2 Å². The lowest BCUT2D eigenvalue weighted by Gasteiger charge is -2.13. The first-order valence-corrected chi connectivity index (χ1v) is 9.14. The molecule has 8 heteroatoms. The first kappa shape index (κ1) is 18.8. The first-order valence-electron chi connectivity index (χ1n) is 8.32. The first-order chi connectivity index (χ1) is 13.0. The van der Waals surface area contributed by atoms with Crippen LogP contribution in [0.5, 0.6) is 5.75 Å². The minimum Gasteiger partial charge on any atom is -0.495 e. The molecule has 0 aliphatic rings. The molecule has 3 aromatic rings. The Kier molecular flexibility index (Phi) is 5.97. The maximum atomic E-state index is 13.0. The molecule has 1 heterocycles. The van der Waals surface area contributed by atoms with Crippen LogP contribution in [0.1, 0.15) is 23.5 Å². The van der Waals surface area contributed by atoms with Crippen LogP contribution in [0.2, 0.25) is 0 Å². The number of rotatable bonds is 7. The fourth-order valence-corrected chi connectivity index (χ4v) is 3.25. The molecule has 3 rings (SSSR count). The molecule has 0 bridgehead atoms. The van der Waals surface area contributed by atoms with Crippen LogP contribution in [-0.2, 0) is 11.2 Å². The molecule has 0 aliphatic heterocycles. The summed E-state index contributed by atoms with van der Waals surface area (Å²) in [5, 5.41) is 15.3. The molecule has 0 saturated heterocycles. The monoisotopic (exact) mass is 386 g/mol. The number of hydrogen-bond acceptors (Lipinski definition) is 6. The Morgan fingerprint density at radius 1 is 1.19 bits per heavy atom. The second-order valence-electron chi connectivity index (χ2n) is 5.84. The molecule has 140 valence electrons. The summed E-state index contributed by atoms with van der Waals surface area (Å²) in [6, 6.07) is 13.3. The van der Waals surface area contributed by atoms with Crippen molar-refractivity contribution in [3.8, 4) is 5.75 Å². The summed E-state index contributed by atoms with van der Waals surface area (Å²) in [7, 11) is 1.60. The van der Waals surface area contributed by atoms with Gasteiger partial charge in [0, 0.05) is 0 Å². The number of amides is 1. The molecular formula is C19H19FN4O2S. The highest BCUT2D eigenvalue weighted by Gasteiger charge is 2.14. The van der Waals surface area contributed by atoms with Gasteiger partial charge in [-0.1, -0.05) is 35.6 Å². The van der Waals surface area contributed by atoms with Gasteiger partial charge in [-0.05, 0) is 36.8 Å². The van der Waals surface area contributed by atoms with E-state index >= 15 is 0 Å². The second kappa shape index (κ2) is 8.59. The molecule has 0 fully saturated rings. The molecule has 1 amide bonds. The zero-order valence-corrected chi connectivity index (χ0v) is 15.7. The van der Waals surface area contributed by atoms with E-state index in [0.29, 0.717) is 15.9 Å². The van der Waals surface area contributed by atoms with Crippen molar-refractivity contribution in [1.29, 1.82) is 0 Å². The molecule has 1 atom stereocenters. The Bertz CT molecular complexity index is 914. The third-order valence-electron chi connectivity index (χ3n) is 3.87. The summed E-state index contributed by atoms with van der Waals surface area (Å²) >= 11 is 1.30. The summed E-state index contributed by atoms with van der Waals surface area (Å²) in [5.74, 6) is 0.216. The third-order valence-corrected chi connectivity index (χ3v) is 4.71. The zero-order valence-electron chi connectivity index (χ0n) is 14.9. The van der Waals surface area contributed by atoms with Crippen molar-refractivity contribution in [3.63, 3.8) is 0 Å². The van der Waals surface area contributed by atoms with E-state index in [0.717, 1.165) is 11.3 Å². The van der Waals surface area contributed by atoms with Gasteiger partial charge in [-0.25, -0.2) is 4.39 Å². The van der Waals surface area contributed by atoms with Crippen LogP contribution in [-0.4, -0.2) is 23.2 Å². The Morgan fingerprint density at radius 3 is 2.67 bits per heavy atom. The average Bonchev–Trinajstić information content (AvgIpc) is 3.09. The van der Waals surface area contributed by atoms with Gasteiger partial charge in [-0.3, -0.25) is 4.79 Å². The van der Waals surface area contributed by atoms with Crippen molar-refractivity contribution in [1.82, 2.24) is 15.5 Å². The topological polar surface area (TPSA) is 76.1 Å². The number of hydrogen-bond donors (Lipinski definition) is 2. The van der Waals surface area contributed by atoms with E-state index in [1.807, 2.05) is 31.2 Å². The van der Waals surface area contributed by atoms with Gasteiger partial charge in [0.15, 0.2) is 0 Å². The third kappa shape index (κ3) is 5.01. The quantitative estimate of drug-likeness (QED) is 0.645. The molecule has 1 unspecified atom stereocenters. The lowest BCUT2D eigenvalue weighted by Crippen LogP contribution is -2.28. The molecule has 0 saturated carbocycles. The van der Waals surface area contributed by atoms with Gasteiger partial charge in [0.25, 0.3) is 0 Å². The minimum absolute atomic E-state index is 0.122. The number of carbonyl (C=O) groups excluding carboxylic acids is 1. The number of nitrogens with zero attached hydrogens (tertiary/aromatic N) is 2. The van der Waals surface area contributed by atoms with Crippen molar-refractivity contribution in [3.05, 3.63) is 64.9 Å². The van der Waals surface area contributed by atoms with Crippen molar-refractivity contribution in [2.24, 2.45) is 0 Å². The molecule has 0 radical (unpaired) electrons. The summed E-state index contributed by atoms with van der Waals surface area (Å²) in [6.07, 6.45) is 0.122. The fourth-order valence-electron chi connectivity index (χ4n) is 2.50. The molecule has 6 nitrogen and oxygen atoms in total. The summed E-state index contributed by atoms with van der Waals surface area (Å²) in [6.45, 7) is 1.85. The Balaban J connectivity index is 1.58. The normalized spacial score (nSPS) is 11.7. The Labute approximate surface area is 160 Å². The standard InChI is InChI=1S/C19H19FN4O2S/c1-12(13-7-9-14(20)10-8-13)21-17(25)11-18-23-24-19(27-18)22-15-5-3-4-6-16(15)26-2/h3-10,12H,11H2,1-2H3,(H,21,25)(H,22,24). The molecule has 0 spiro atoms. The highest BCUT2D eigenvalue weighted by molar-refractivity contribution is 7.15. The second-order valence-corrected chi connectivity index (χ2v) is 6.91. The number of nitrogens with one attached hydrogen (secondary N) is 2. The Morgan fingerprint density at radius 2 is 1.93 bits per heavy atom. The van der Waals surface area contributed by atoms with E-state index in [1.54, 1.807) is 19.2 Å². The van der Waals surface area contributed by atoms with E-state index in [9.17, 15) is 9.18 Å². The molecule has 27 heavy (non-hydrogen) atoms. The summed E-state index contributed by atoms with van der Waals surface area (Å²) in [5.41, 5.74) is 1.61. The van der Waals surface area contributed by atoms with Crippen LogP contribution < -0.4 is 15.4 Å². The van der Waals surface area contributed by atoms with Gasteiger partial charge in [-0.2, -0.15) is 0 Å². The smallest absolute Gasteiger partial charge is 0.227 e. The number of halogens is 1. The predicted molar refractivity (Wildman–Crippen MR) is 103 cm³/mol. The summed E-state index contributed by atoms with van der Waals surface area (Å²) in [4.78, 5) is 12.2. The number of carbonyl (C=O) groups is 1. The summed E-state index contributed by atoms with van der Waals surface area (Å²) < 4.78 is 18.3. The maximum Gasteiger partial charge on any atom is 0.227 e. The number of para-hydroxylation sites is 2. The predicted octanol–water partition coefficient (Wildman–Crippen LogP) is 3.85. The number of anilines is 2. The highest BCUT2D eigenvalue weighted by atomic mass is 32.1. The average molecular weight is 386 g/mol.